The highest BCUT2D eigenvalue weighted by Crippen LogP contribution is 2.38. The van der Waals surface area contributed by atoms with Gasteiger partial charge in [-0.2, -0.15) is 9.40 Å². The molecular formula is C30H43N5O6S. The summed E-state index contributed by atoms with van der Waals surface area (Å²) in [5.41, 5.74) is 2.66. The number of carbonyl (C=O) groups is 2. The molecule has 2 aromatic rings. The smallest absolute Gasteiger partial charge is 0.260 e. The quantitative estimate of drug-likeness (QED) is 0.571. The van der Waals surface area contributed by atoms with Gasteiger partial charge in [-0.1, -0.05) is 6.07 Å². The minimum absolute atomic E-state index is 0.000164. The molecule has 3 aliphatic rings. The molecule has 12 heteroatoms. The molecule has 2 fully saturated rings. The molecule has 0 spiro atoms. The number of sulfonamides is 1. The summed E-state index contributed by atoms with van der Waals surface area (Å²) in [5, 5.41) is 7.47. The van der Waals surface area contributed by atoms with Gasteiger partial charge in [0.15, 0.2) is 16.5 Å². The van der Waals surface area contributed by atoms with Gasteiger partial charge < -0.3 is 19.7 Å². The molecule has 2 saturated heterocycles. The lowest BCUT2D eigenvalue weighted by atomic mass is 9.78. The summed E-state index contributed by atoms with van der Waals surface area (Å²) in [6, 6.07) is 5.50. The molecule has 3 atom stereocenters. The van der Waals surface area contributed by atoms with Gasteiger partial charge in [-0.25, -0.2) is 8.42 Å². The number of carbonyl (C=O) groups excluding carboxylic acids is 2. The second-order valence-electron chi connectivity index (χ2n) is 11.9. The van der Waals surface area contributed by atoms with Crippen LogP contribution in [0.2, 0.25) is 0 Å². The Bertz CT molecular complexity index is 1420. The third kappa shape index (κ3) is 6.29. The highest BCUT2D eigenvalue weighted by Gasteiger charge is 2.45. The van der Waals surface area contributed by atoms with Gasteiger partial charge >= 0.3 is 0 Å². The molecule has 42 heavy (non-hydrogen) atoms. The Morgan fingerprint density at radius 3 is 2.50 bits per heavy atom. The molecule has 11 nitrogen and oxygen atoms in total. The Morgan fingerprint density at radius 1 is 0.976 bits per heavy atom. The van der Waals surface area contributed by atoms with E-state index in [2.05, 4.69) is 16.5 Å². The number of methoxy groups -OCH3 is 2. The fourth-order valence-electron chi connectivity index (χ4n) is 7.01. The summed E-state index contributed by atoms with van der Waals surface area (Å²) in [5.74, 6) is 1.44. The molecular weight excluding hydrogens is 558 g/mol. The largest absolute Gasteiger partial charge is 0.493 e. The predicted octanol–water partition coefficient (Wildman–Crippen LogP) is 2.45. The van der Waals surface area contributed by atoms with Crippen molar-refractivity contribution in [3.05, 3.63) is 35.0 Å². The Hall–Kier alpha value is -3.12. The van der Waals surface area contributed by atoms with E-state index in [9.17, 15) is 18.0 Å². The van der Waals surface area contributed by atoms with E-state index in [4.69, 9.17) is 9.47 Å². The first kappa shape index (κ1) is 30.3. The second kappa shape index (κ2) is 12.6. The van der Waals surface area contributed by atoms with Crippen molar-refractivity contribution in [3.8, 4) is 11.5 Å². The lowest BCUT2D eigenvalue weighted by Gasteiger charge is -2.50. The molecule has 230 valence electrons. The van der Waals surface area contributed by atoms with Crippen LogP contribution < -0.4 is 14.8 Å². The lowest BCUT2D eigenvalue weighted by molar-refractivity contribution is -0.140. The lowest BCUT2D eigenvalue weighted by Crippen LogP contribution is -2.60. The van der Waals surface area contributed by atoms with E-state index in [0.717, 1.165) is 30.4 Å². The highest BCUT2D eigenvalue weighted by atomic mass is 32.2. The van der Waals surface area contributed by atoms with Crippen molar-refractivity contribution in [2.24, 2.45) is 18.9 Å². The van der Waals surface area contributed by atoms with Gasteiger partial charge in [0.1, 0.15) is 0 Å². The molecule has 5 rings (SSSR count). The summed E-state index contributed by atoms with van der Waals surface area (Å²) < 4.78 is 41.6. The third-order valence-electron chi connectivity index (χ3n) is 8.91. The van der Waals surface area contributed by atoms with E-state index >= 15 is 0 Å². The van der Waals surface area contributed by atoms with Crippen molar-refractivity contribution < 1.29 is 27.5 Å². The van der Waals surface area contributed by atoms with E-state index in [1.165, 1.54) is 4.68 Å². The number of hydrogen-bond donors (Lipinski definition) is 1. The van der Waals surface area contributed by atoms with E-state index in [0.29, 0.717) is 75.5 Å². The van der Waals surface area contributed by atoms with Crippen LogP contribution in [0.5, 0.6) is 11.5 Å². The van der Waals surface area contributed by atoms with E-state index in [1.807, 2.05) is 11.0 Å². The van der Waals surface area contributed by atoms with Gasteiger partial charge in [0.2, 0.25) is 11.8 Å². The van der Waals surface area contributed by atoms with Gasteiger partial charge in [-0.15, -0.1) is 0 Å². The van der Waals surface area contributed by atoms with Gasteiger partial charge in [-0.3, -0.25) is 14.3 Å². The molecule has 0 unspecified atom stereocenters. The molecule has 1 aromatic carbocycles. The van der Waals surface area contributed by atoms with Gasteiger partial charge in [0, 0.05) is 52.1 Å². The zero-order chi connectivity index (χ0) is 30.0. The van der Waals surface area contributed by atoms with Crippen LogP contribution in [0.1, 0.15) is 55.3 Å². The second-order valence-corrected chi connectivity index (χ2v) is 13.8. The minimum Gasteiger partial charge on any atom is -0.493 e. The summed E-state index contributed by atoms with van der Waals surface area (Å²) in [4.78, 5) is 28.4. The number of hydrogen-bond acceptors (Lipinski definition) is 7. The fraction of sp³-hybridized carbons (Fsp3) is 0.633. The van der Waals surface area contributed by atoms with Gasteiger partial charge in [-0.05, 0) is 80.5 Å². The molecule has 3 aliphatic heterocycles. The van der Waals surface area contributed by atoms with Crippen LogP contribution in [0, 0.1) is 18.8 Å². The normalized spacial score (nSPS) is 24.6. The molecule has 1 aromatic heterocycles. The minimum atomic E-state index is -3.73. The number of nitrogens with one attached hydrogen (secondary N) is 1. The summed E-state index contributed by atoms with van der Waals surface area (Å²) in [7, 11) is 1.15. The number of nitrogens with zero attached hydrogens (tertiary/aromatic N) is 4. The molecule has 0 aliphatic carbocycles. The number of aromatic nitrogens is 2. The van der Waals surface area contributed by atoms with Gasteiger partial charge in [0.05, 0.1) is 19.9 Å². The number of ether oxygens (including phenoxy) is 2. The van der Waals surface area contributed by atoms with Gasteiger partial charge in [0.25, 0.3) is 10.0 Å². The average molecular weight is 602 g/mol. The van der Waals surface area contributed by atoms with Crippen LogP contribution in [0.3, 0.4) is 0 Å². The first-order valence-electron chi connectivity index (χ1n) is 14.9. The fourth-order valence-corrected chi connectivity index (χ4v) is 8.77. The maximum absolute atomic E-state index is 13.8. The Labute approximate surface area is 248 Å². The van der Waals surface area contributed by atoms with Crippen molar-refractivity contribution in [1.29, 1.82) is 0 Å². The van der Waals surface area contributed by atoms with E-state index in [1.54, 1.807) is 38.6 Å². The maximum atomic E-state index is 13.8. The van der Waals surface area contributed by atoms with Crippen molar-refractivity contribution in [3.63, 3.8) is 0 Å². The Kier molecular flexibility index (Phi) is 9.12. The van der Waals surface area contributed by atoms with Crippen LogP contribution in [-0.2, 0) is 39.5 Å². The molecule has 0 radical (unpaired) electrons. The zero-order valence-corrected chi connectivity index (χ0v) is 25.9. The molecule has 0 saturated carbocycles. The van der Waals surface area contributed by atoms with Crippen molar-refractivity contribution in [2.45, 2.75) is 69.4 Å². The van der Waals surface area contributed by atoms with E-state index in [-0.39, 0.29) is 34.7 Å². The molecule has 4 bridgehead atoms. The Balaban J connectivity index is 1.40. The molecule has 2 amide bonds. The maximum Gasteiger partial charge on any atom is 0.260 e. The standard InChI is InChI=1S/C30H43N5O6S/c1-20-13-29(33(2)32-20)42(38,39)34-17-22-15-24(19-34)25-8-5-9-27(36)31-12-6-7-23-14-21(10-11-28(37)35(25)18-22)16-26(40-3)30(23)41-4/h13-14,16,22,24-25H,5-12,15,17-19H2,1-4H3,(H,31,36)/t22-,24-,25-/m0/s1. The van der Waals surface area contributed by atoms with Crippen molar-refractivity contribution in [1.82, 2.24) is 24.3 Å². The van der Waals surface area contributed by atoms with Crippen LogP contribution in [0.25, 0.3) is 0 Å². The Morgan fingerprint density at radius 2 is 1.79 bits per heavy atom. The first-order chi connectivity index (χ1) is 20.1. The third-order valence-corrected chi connectivity index (χ3v) is 10.8. The highest BCUT2D eigenvalue weighted by molar-refractivity contribution is 7.89. The van der Waals surface area contributed by atoms with Crippen molar-refractivity contribution in [2.75, 3.05) is 40.4 Å². The number of fused-ring (bicyclic) bond motifs is 6. The summed E-state index contributed by atoms with van der Waals surface area (Å²) >= 11 is 0. The number of aryl methyl sites for hydroxylation is 4. The number of benzene rings is 1. The SMILES string of the molecule is COc1cc2cc(c1OC)CCCNC(=O)CCC[C@H]1[C@H]3C[C@H](CN1C(=O)CC2)CN(S(=O)(=O)c1cc(C)nn1C)C3. The van der Waals surface area contributed by atoms with Crippen LogP contribution in [0.4, 0.5) is 0 Å². The zero-order valence-electron chi connectivity index (χ0n) is 25.1. The topological polar surface area (TPSA) is 123 Å². The van der Waals surface area contributed by atoms with E-state index < -0.39 is 10.0 Å². The van der Waals surface area contributed by atoms with Crippen LogP contribution in [-0.4, -0.2) is 85.7 Å². The first-order valence-corrected chi connectivity index (χ1v) is 16.4. The molecule has 1 N–H and O–H groups in total. The van der Waals surface area contributed by atoms with Crippen LogP contribution >= 0.6 is 0 Å². The predicted molar refractivity (Wildman–Crippen MR) is 157 cm³/mol. The van der Waals surface area contributed by atoms with Crippen molar-refractivity contribution >= 4 is 21.8 Å². The number of piperidine rings is 2. The summed E-state index contributed by atoms with van der Waals surface area (Å²) in [6.45, 7) is 3.59. The molecule has 4 heterocycles. The summed E-state index contributed by atoms with van der Waals surface area (Å²) in [6.07, 6.45) is 4.94. The number of amides is 2. The van der Waals surface area contributed by atoms with Crippen LogP contribution in [0.15, 0.2) is 23.2 Å². The average Bonchev–Trinajstić information content (AvgIpc) is 3.32. The number of rotatable bonds is 4. The monoisotopic (exact) mass is 601 g/mol.